The van der Waals surface area contributed by atoms with Crippen LogP contribution in [-0.4, -0.2) is 77.4 Å². The number of benzene rings is 12. The minimum Gasteiger partial charge on any atom is -0.292 e. The van der Waals surface area contributed by atoms with E-state index in [0.717, 1.165) is 205 Å². The summed E-state index contributed by atoms with van der Waals surface area (Å²) in [6, 6.07) is 93.9. The summed E-state index contributed by atoms with van der Waals surface area (Å²) in [6.45, 7) is 0. The molecule has 0 radical (unpaired) electrons. The van der Waals surface area contributed by atoms with Crippen molar-refractivity contribution in [2.75, 3.05) is 0 Å². The number of pyridine rings is 12. The van der Waals surface area contributed by atoms with Gasteiger partial charge < -0.3 is 0 Å². The van der Waals surface area contributed by atoms with Gasteiger partial charge >= 0.3 is 0 Å². The second-order valence-electron chi connectivity index (χ2n) is 39.0. The van der Waals surface area contributed by atoms with Crippen LogP contribution in [0.4, 0.5) is 0 Å². The van der Waals surface area contributed by atoms with E-state index in [0.29, 0.717) is 0 Å². The lowest BCUT2D eigenvalue weighted by Crippen LogP contribution is -1.93. The maximum Gasteiger partial charge on any atom is 0.165 e. The molecule has 0 amide bonds. The molecule has 16 nitrogen and oxygen atoms in total. The lowest BCUT2D eigenvalue weighted by Gasteiger charge is -2.08. The molecule has 8 aliphatic rings. The van der Waals surface area contributed by atoms with Gasteiger partial charge in [-0.25, -0.2) is 19.9 Å². The van der Waals surface area contributed by atoms with Crippen LogP contribution in [0.25, 0.3) is 243 Å². The van der Waals surface area contributed by atoms with Gasteiger partial charge in [-0.2, -0.15) is 0 Å². The van der Waals surface area contributed by atoms with Gasteiger partial charge in [0, 0.05) is 135 Å². The molecule has 0 fully saturated rings. The van der Waals surface area contributed by atoms with Gasteiger partial charge in [-0.05, 0) is 362 Å². The molecular formula is C124H72N16. The fraction of sp³-hybridized carbons (Fsp3) is 0.0645. The van der Waals surface area contributed by atoms with E-state index in [-0.39, 0.29) is 0 Å². The molecule has 8 aliphatic carbocycles. The summed E-state index contributed by atoms with van der Waals surface area (Å²) in [4.78, 5) is 56.4. The van der Waals surface area contributed by atoms with E-state index >= 15 is 0 Å². The Morgan fingerprint density at radius 1 is 0.157 bits per heavy atom. The number of hydrogen-bond acceptors (Lipinski definition) is 12. The van der Waals surface area contributed by atoms with Crippen LogP contribution in [0.2, 0.25) is 0 Å². The highest BCUT2D eigenvalue weighted by Crippen LogP contribution is 2.53. The van der Waals surface area contributed by atoms with Crippen LogP contribution in [0.3, 0.4) is 0 Å². The highest BCUT2D eigenvalue weighted by molar-refractivity contribution is 6.18. The highest BCUT2D eigenvalue weighted by Gasteiger charge is 2.34. The second-order valence-corrected chi connectivity index (χ2v) is 39.0. The predicted molar refractivity (Wildman–Crippen MR) is 559 cm³/mol. The Hall–Kier alpha value is -18.3. The molecule has 0 atom stereocenters. The molecule has 0 bridgehead atoms. The topological polar surface area (TPSA) is 172 Å². The summed E-state index contributed by atoms with van der Waals surface area (Å²) in [5.41, 5.74) is 63.3. The van der Waals surface area contributed by atoms with Crippen molar-refractivity contribution in [3.05, 3.63) is 431 Å². The Labute approximate surface area is 796 Å². The van der Waals surface area contributed by atoms with Gasteiger partial charge in [0.15, 0.2) is 5.65 Å². The molecule has 0 aliphatic heterocycles. The zero-order chi connectivity index (χ0) is 90.7. The summed E-state index contributed by atoms with van der Waals surface area (Å²) in [5, 5.41) is 10.9. The Bertz CT molecular complexity index is 9460. The van der Waals surface area contributed by atoms with Crippen molar-refractivity contribution >= 4 is 154 Å². The van der Waals surface area contributed by atoms with Gasteiger partial charge in [-0.3, -0.25) is 57.5 Å². The van der Waals surface area contributed by atoms with E-state index in [1.165, 1.54) is 178 Å². The third kappa shape index (κ3) is 10.5. The molecule has 648 valence electrons. The third-order valence-electron chi connectivity index (χ3n) is 31.7. The van der Waals surface area contributed by atoms with E-state index in [1.807, 2.05) is 98.9 Å². The Morgan fingerprint density at radius 2 is 0.429 bits per heavy atom. The number of fused-ring (bicyclic) bond motifs is 56. The summed E-state index contributed by atoms with van der Waals surface area (Å²) < 4.78 is 9.14. The van der Waals surface area contributed by atoms with Gasteiger partial charge in [0.25, 0.3) is 0 Å². The molecule has 0 N–H and O–H groups in total. The van der Waals surface area contributed by atoms with Crippen LogP contribution in [0.5, 0.6) is 0 Å². The lowest BCUT2D eigenvalue weighted by molar-refractivity contribution is 1.21. The van der Waals surface area contributed by atoms with Gasteiger partial charge in [-0.1, -0.05) is 127 Å². The van der Waals surface area contributed by atoms with Crippen molar-refractivity contribution in [3.8, 4) is 89.0 Å². The number of nitrogens with zero attached hydrogens (tertiary/aromatic N) is 16. The zero-order valence-electron chi connectivity index (χ0n) is 75.1. The molecule has 12 aromatic carbocycles. The van der Waals surface area contributed by atoms with E-state index in [9.17, 15) is 0 Å². The van der Waals surface area contributed by atoms with Crippen molar-refractivity contribution in [1.29, 1.82) is 0 Å². The van der Waals surface area contributed by atoms with Crippen LogP contribution in [-0.2, 0) is 51.4 Å². The molecule has 28 aromatic rings. The number of aromatic nitrogens is 16. The zero-order valence-corrected chi connectivity index (χ0v) is 75.1. The monoisotopic (exact) mass is 1780 g/mol. The molecule has 16 heterocycles. The van der Waals surface area contributed by atoms with Gasteiger partial charge in [0.2, 0.25) is 0 Å². The summed E-state index contributed by atoms with van der Waals surface area (Å²) >= 11 is 0. The third-order valence-corrected chi connectivity index (χ3v) is 31.7. The maximum atomic E-state index is 5.17. The van der Waals surface area contributed by atoms with E-state index < -0.39 is 0 Å². The fourth-order valence-electron chi connectivity index (χ4n) is 25.6. The van der Waals surface area contributed by atoms with Crippen molar-refractivity contribution in [1.82, 2.24) is 77.4 Å². The standard InChI is InChI=1S/4C31H18N4/c1-2-5-21-17(4-1)10-18-11-19-12-20-13-29-27(15-25(20)24(19)14-23(18)21)34-31-22-6-3-8-33-30(22)26-16-32-9-7-28(26)35(29)31;1-2-5-21-17(4-1)10-18-11-19-12-20-13-29-27(15-25(20)24(19)14-23(18)21)34-31-30-22(6-3-8-33-30)26-16-32-9-7-28(26)35(29)31;1-2-4-21-17(3-1)9-18-10-19-11-20-12-30-28(14-25(20)24(19)13-23(18)21)34-31-22-5-7-32-15-26(22)27-16-33-8-6-29(27)35(30)31;1-2-4-21-17(3-1)9-18-10-19-11-20-12-30-28(14-25(20)24(19)13-23(18)21)34-31-27-16-32-7-5-22(27)26-15-33-8-6-29(26)35(30)31/h2*1-9,11,13-16H,10,12H2;2*1-8,10,12-16H,9,11H2. The first-order valence-corrected chi connectivity index (χ1v) is 48.1. The van der Waals surface area contributed by atoms with Crippen LogP contribution in [0.1, 0.15) is 89.0 Å². The van der Waals surface area contributed by atoms with Crippen molar-refractivity contribution in [2.24, 2.45) is 0 Å². The smallest absolute Gasteiger partial charge is 0.165 e. The molecule has 140 heavy (non-hydrogen) atoms. The molecule has 36 rings (SSSR count). The van der Waals surface area contributed by atoms with Gasteiger partial charge in [0.1, 0.15) is 22.5 Å². The Kier molecular flexibility index (Phi) is 14.9. The van der Waals surface area contributed by atoms with Gasteiger partial charge in [0.05, 0.1) is 71.7 Å². The van der Waals surface area contributed by atoms with Crippen LogP contribution in [0, 0.1) is 0 Å². The van der Waals surface area contributed by atoms with Crippen LogP contribution < -0.4 is 0 Å². The number of rotatable bonds is 0. The minimum atomic E-state index is 0.904. The fourth-order valence-corrected chi connectivity index (χ4v) is 25.6. The average Bonchev–Trinajstić information content (AvgIpc) is 1.57. The van der Waals surface area contributed by atoms with E-state index in [1.54, 1.807) is 0 Å². The molecular weight excluding hydrogens is 1710 g/mol. The van der Waals surface area contributed by atoms with Crippen molar-refractivity contribution in [3.63, 3.8) is 0 Å². The van der Waals surface area contributed by atoms with Gasteiger partial charge in [-0.15, -0.1) is 0 Å². The minimum absolute atomic E-state index is 0.904. The molecule has 0 unspecified atom stereocenters. The van der Waals surface area contributed by atoms with E-state index in [4.69, 9.17) is 24.9 Å². The Balaban J connectivity index is 0.0000000829. The summed E-state index contributed by atoms with van der Waals surface area (Å²) in [5.74, 6) is 0. The second kappa shape index (κ2) is 27.7. The highest BCUT2D eigenvalue weighted by atomic mass is 15.1. The van der Waals surface area contributed by atoms with Crippen LogP contribution in [0.15, 0.2) is 342 Å². The summed E-state index contributed by atoms with van der Waals surface area (Å²) in [6.07, 6.45) is 34.4. The average molecular weight is 1790 g/mol. The molecule has 16 aromatic heterocycles. The predicted octanol–water partition coefficient (Wildman–Crippen LogP) is 26.9. The quantitative estimate of drug-likeness (QED) is 0.132. The summed E-state index contributed by atoms with van der Waals surface area (Å²) in [7, 11) is 0. The molecule has 0 saturated heterocycles. The number of hydrogen-bond donors (Lipinski definition) is 0. The first-order chi connectivity index (χ1) is 69.3. The first kappa shape index (κ1) is 75.1. The Morgan fingerprint density at radius 3 is 0.836 bits per heavy atom. The maximum absolute atomic E-state index is 5.17. The van der Waals surface area contributed by atoms with Crippen LogP contribution >= 0.6 is 0 Å². The number of imidazole rings is 4. The molecule has 16 heteroatoms. The SMILES string of the molecule is c1ccc2c(c1)Cc1cc3c(cc1-2)-c1cc2nc4c5cccnc5c5cnccc5n4c2cc1C3.c1ccc2c(c1)Cc1cc3c(cc1-2)-c1cc2nc4c5ccncc5c5cnccc5n4c2cc1C3.c1ccc2c(c1)Cc1cc3c(cc1-2)-c1cc2nc4c5cnccc5c5cnccc5n4c2cc1C3.c1ccc2c(c1)Cc1cc3c(cc1-2)-c1cc2nc4c5ncccc5c5cnccc5n4c2cc1C3. The van der Waals surface area contributed by atoms with E-state index in [2.05, 4.69) is 295 Å². The van der Waals surface area contributed by atoms with Crippen molar-refractivity contribution < 1.29 is 0 Å². The normalized spacial score (nSPS) is 13.5. The molecule has 0 spiro atoms. The first-order valence-electron chi connectivity index (χ1n) is 48.1. The largest absolute Gasteiger partial charge is 0.292 e. The lowest BCUT2D eigenvalue weighted by atomic mass is 9.98. The van der Waals surface area contributed by atoms with Crippen molar-refractivity contribution in [2.45, 2.75) is 51.4 Å². The molecule has 0 saturated carbocycles.